The van der Waals surface area contributed by atoms with Gasteiger partial charge in [0.1, 0.15) is 12.2 Å². The van der Waals surface area contributed by atoms with Crippen molar-refractivity contribution in [3.05, 3.63) is 23.3 Å². The first-order valence-electron chi connectivity index (χ1n) is 5.26. The summed E-state index contributed by atoms with van der Waals surface area (Å²) in [5.74, 6) is 0. The van der Waals surface area contributed by atoms with Crippen molar-refractivity contribution in [1.29, 1.82) is 0 Å². The second-order valence-electron chi connectivity index (χ2n) is 3.89. The van der Waals surface area contributed by atoms with Gasteiger partial charge in [0.15, 0.2) is 0 Å². The molecule has 0 aromatic heterocycles. The van der Waals surface area contributed by atoms with Crippen molar-refractivity contribution in [2.24, 2.45) is 4.99 Å². The van der Waals surface area contributed by atoms with Gasteiger partial charge in [0.2, 0.25) is 0 Å². The number of allylic oxidation sites excluding steroid dienone is 1. The van der Waals surface area contributed by atoms with Gasteiger partial charge in [-0.1, -0.05) is 0 Å². The topological polar surface area (TPSA) is 30.8 Å². The summed E-state index contributed by atoms with van der Waals surface area (Å²) >= 11 is 0. The third kappa shape index (κ3) is 1.90. The molecule has 0 aromatic carbocycles. The highest BCUT2D eigenvalue weighted by Gasteiger charge is 2.26. The van der Waals surface area contributed by atoms with Crippen molar-refractivity contribution in [3.63, 3.8) is 0 Å². The molecule has 0 amide bonds. The third-order valence-corrected chi connectivity index (χ3v) is 3.03. The van der Waals surface area contributed by atoms with Crippen LogP contribution in [0.2, 0.25) is 0 Å². The largest absolute Gasteiger partial charge is 0.374 e. The number of nitrogens with zero attached hydrogens (tertiary/aromatic N) is 1. The van der Waals surface area contributed by atoms with E-state index in [1.807, 2.05) is 0 Å². The first-order chi connectivity index (χ1) is 7.26. The summed E-state index contributed by atoms with van der Waals surface area (Å²) in [7, 11) is 3.43. The highest BCUT2D eigenvalue weighted by molar-refractivity contribution is 6.03. The monoisotopic (exact) mass is 207 g/mol. The van der Waals surface area contributed by atoms with Crippen LogP contribution in [0.5, 0.6) is 0 Å². The lowest BCUT2D eigenvalue weighted by Gasteiger charge is -2.29. The van der Waals surface area contributed by atoms with Gasteiger partial charge in [-0.2, -0.15) is 0 Å². The van der Waals surface area contributed by atoms with E-state index in [2.05, 4.69) is 24.1 Å². The lowest BCUT2D eigenvalue weighted by molar-refractivity contribution is 0.0130. The Kier molecular flexibility index (Phi) is 3.03. The predicted molar refractivity (Wildman–Crippen MR) is 60.4 cm³/mol. The number of ether oxygens (including phenoxy) is 2. The summed E-state index contributed by atoms with van der Waals surface area (Å²) < 4.78 is 10.8. The summed E-state index contributed by atoms with van der Waals surface area (Å²) in [5, 5.41) is 0. The normalized spacial score (nSPS) is 30.2. The molecule has 0 radical (unpaired) electrons. The van der Waals surface area contributed by atoms with Crippen LogP contribution in [0.25, 0.3) is 0 Å². The van der Waals surface area contributed by atoms with Crippen LogP contribution in [0.4, 0.5) is 0 Å². The minimum Gasteiger partial charge on any atom is -0.374 e. The van der Waals surface area contributed by atoms with Gasteiger partial charge in [-0.3, -0.25) is 4.99 Å². The van der Waals surface area contributed by atoms with E-state index < -0.39 is 0 Å². The van der Waals surface area contributed by atoms with Crippen LogP contribution in [0, 0.1) is 0 Å². The van der Waals surface area contributed by atoms with Crippen LogP contribution in [-0.2, 0) is 9.47 Å². The van der Waals surface area contributed by atoms with Crippen molar-refractivity contribution in [1.82, 2.24) is 0 Å². The summed E-state index contributed by atoms with van der Waals surface area (Å²) in [6.07, 6.45) is 5.36. The Hall–Kier alpha value is -0.930. The van der Waals surface area contributed by atoms with Crippen molar-refractivity contribution in [3.8, 4) is 0 Å². The van der Waals surface area contributed by atoms with Gasteiger partial charge < -0.3 is 9.47 Å². The molecular formula is C12H17NO2. The zero-order valence-electron chi connectivity index (χ0n) is 9.49. The second-order valence-corrected chi connectivity index (χ2v) is 3.89. The first kappa shape index (κ1) is 10.6. The predicted octanol–water partition coefficient (Wildman–Crippen LogP) is 1.75. The molecule has 2 unspecified atom stereocenters. The van der Waals surface area contributed by atoms with Crippen LogP contribution in [0.15, 0.2) is 28.3 Å². The molecule has 0 N–H and O–H groups in total. The molecule has 0 saturated heterocycles. The number of methoxy groups -OCH3 is 2. The van der Waals surface area contributed by atoms with E-state index in [4.69, 9.17) is 9.47 Å². The Bertz CT molecular complexity index is 342. The van der Waals surface area contributed by atoms with Crippen molar-refractivity contribution >= 4 is 5.71 Å². The number of aliphatic imine (C=N–C) groups is 1. The third-order valence-electron chi connectivity index (χ3n) is 3.03. The average molecular weight is 207 g/mol. The minimum absolute atomic E-state index is 0.0111. The van der Waals surface area contributed by atoms with Crippen LogP contribution in [-0.4, -0.2) is 38.7 Å². The van der Waals surface area contributed by atoms with Gasteiger partial charge in [0, 0.05) is 26.5 Å². The molecule has 3 nitrogen and oxygen atoms in total. The van der Waals surface area contributed by atoms with Gasteiger partial charge in [0.05, 0.1) is 0 Å². The van der Waals surface area contributed by atoms with Crippen LogP contribution in [0.3, 0.4) is 0 Å². The molecule has 0 aromatic rings. The molecule has 0 saturated carbocycles. The number of rotatable bonds is 2. The van der Waals surface area contributed by atoms with Gasteiger partial charge in [-0.25, -0.2) is 0 Å². The molecular weight excluding hydrogens is 190 g/mol. The van der Waals surface area contributed by atoms with Crippen molar-refractivity contribution in [2.45, 2.75) is 25.6 Å². The summed E-state index contributed by atoms with van der Waals surface area (Å²) in [5.41, 5.74) is 3.70. The molecule has 2 rings (SSSR count). The number of fused-ring (bicyclic) bond motifs is 1. The lowest BCUT2D eigenvalue weighted by Crippen LogP contribution is -2.32. The summed E-state index contributed by atoms with van der Waals surface area (Å²) in [4.78, 5) is 4.44. The smallest absolute Gasteiger partial charge is 0.106 e. The quantitative estimate of drug-likeness (QED) is 0.690. The lowest BCUT2D eigenvalue weighted by atomic mass is 9.88. The van der Waals surface area contributed by atoms with Gasteiger partial charge in [-0.15, -0.1) is 0 Å². The fraction of sp³-hybridized carbons (Fsp3) is 0.583. The average Bonchev–Trinajstić information content (AvgIpc) is 2.28. The van der Waals surface area contributed by atoms with Crippen LogP contribution in [0.1, 0.15) is 13.3 Å². The van der Waals surface area contributed by atoms with E-state index in [9.17, 15) is 0 Å². The molecule has 0 fully saturated rings. The zero-order chi connectivity index (χ0) is 10.8. The van der Waals surface area contributed by atoms with Crippen LogP contribution < -0.4 is 0 Å². The first-order valence-corrected chi connectivity index (χ1v) is 5.26. The van der Waals surface area contributed by atoms with E-state index in [1.54, 1.807) is 14.2 Å². The van der Waals surface area contributed by atoms with E-state index in [-0.39, 0.29) is 12.2 Å². The molecule has 2 atom stereocenters. The van der Waals surface area contributed by atoms with Crippen LogP contribution >= 0.6 is 0 Å². The maximum absolute atomic E-state index is 5.39. The van der Waals surface area contributed by atoms with Gasteiger partial charge in [-0.05, 0) is 36.6 Å². The zero-order valence-corrected chi connectivity index (χ0v) is 9.49. The summed E-state index contributed by atoms with van der Waals surface area (Å²) in [6.45, 7) is 2.95. The van der Waals surface area contributed by atoms with Gasteiger partial charge >= 0.3 is 0 Å². The van der Waals surface area contributed by atoms with E-state index in [0.717, 1.165) is 18.7 Å². The Labute approximate surface area is 90.5 Å². The van der Waals surface area contributed by atoms with E-state index in [1.165, 1.54) is 11.1 Å². The SMILES string of the molecule is COC1C=C2CCN=C(C)C2=CC1OC. The molecule has 82 valence electrons. The second kappa shape index (κ2) is 4.29. The minimum atomic E-state index is 0.0111. The molecule has 1 aliphatic heterocycles. The Morgan fingerprint density at radius 2 is 1.87 bits per heavy atom. The molecule has 3 heteroatoms. The maximum atomic E-state index is 5.39. The number of hydrogen-bond donors (Lipinski definition) is 0. The van der Waals surface area contributed by atoms with Crippen molar-refractivity contribution in [2.75, 3.05) is 20.8 Å². The van der Waals surface area contributed by atoms with E-state index >= 15 is 0 Å². The fourth-order valence-corrected chi connectivity index (χ4v) is 2.15. The Balaban J connectivity index is 2.33. The molecule has 15 heavy (non-hydrogen) atoms. The Morgan fingerprint density at radius 3 is 2.53 bits per heavy atom. The molecule has 2 aliphatic rings. The highest BCUT2D eigenvalue weighted by atomic mass is 16.5. The van der Waals surface area contributed by atoms with Gasteiger partial charge in [0.25, 0.3) is 0 Å². The molecule has 1 heterocycles. The highest BCUT2D eigenvalue weighted by Crippen LogP contribution is 2.28. The maximum Gasteiger partial charge on any atom is 0.106 e. The van der Waals surface area contributed by atoms with E-state index in [0.29, 0.717) is 0 Å². The standard InChI is InChI=1S/C12H17NO2/c1-8-10-7-12(15-3)11(14-2)6-9(10)4-5-13-8/h6-7,11-12H,4-5H2,1-3H3. The summed E-state index contributed by atoms with van der Waals surface area (Å²) in [6, 6.07) is 0. The fourth-order valence-electron chi connectivity index (χ4n) is 2.15. The molecule has 0 bridgehead atoms. The van der Waals surface area contributed by atoms with Crippen molar-refractivity contribution < 1.29 is 9.47 Å². The number of hydrogen-bond acceptors (Lipinski definition) is 3. The molecule has 1 aliphatic carbocycles. The molecule has 0 spiro atoms. The Morgan fingerprint density at radius 1 is 1.20 bits per heavy atom.